The summed E-state index contributed by atoms with van der Waals surface area (Å²) in [5.41, 5.74) is 1.00. The molecule has 2 rings (SSSR count). The summed E-state index contributed by atoms with van der Waals surface area (Å²) in [6.45, 7) is 4.41. The molecule has 2 aromatic rings. The second kappa shape index (κ2) is 5.98. The lowest BCUT2D eigenvalue weighted by molar-refractivity contribution is 0.0603. The van der Waals surface area contributed by atoms with Crippen LogP contribution in [0.2, 0.25) is 0 Å². The number of nitrogens with zero attached hydrogens (tertiary/aromatic N) is 3. The first-order chi connectivity index (χ1) is 8.72. The number of hydrogen-bond acceptors (Lipinski definition) is 3. The Bertz CT molecular complexity index is 496. The van der Waals surface area contributed by atoms with Crippen LogP contribution in [0.25, 0.3) is 5.69 Å². The van der Waals surface area contributed by atoms with Gasteiger partial charge in [0.25, 0.3) is 0 Å². The van der Waals surface area contributed by atoms with E-state index in [9.17, 15) is 0 Å². The van der Waals surface area contributed by atoms with Crippen LogP contribution in [-0.4, -0.2) is 20.9 Å². The lowest BCUT2D eigenvalue weighted by Crippen LogP contribution is -2.09. The van der Waals surface area contributed by atoms with E-state index in [2.05, 4.69) is 10.2 Å². The number of para-hydroxylation sites is 1. The predicted octanol–water partition coefficient (Wildman–Crippen LogP) is 2.93. The standard InChI is InChI=1S/C13H16ClN3O/c1-10(2)18-9-13-16-15-12(8-14)17(13)11-6-4-3-5-7-11/h3-7,10H,8-9H2,1-2H3. The van der Waals surface area contributed by atoms with Gasteiger partial charge in [-0.3, -0.25) is 4.57 Å². The molecule has 0 aliphatic heterocycles. The molecule has 1 aromatic heterocycles. The summed E-state index contributed by atoms with van der Waals surface area (Å²) in [5.74, 6) is 1.82. The van der Waals surface area contributed by atoms with E-state index in [4.69, 9.17) is 16.3 Å². The summed E-state index contributed by atoms with van der Waals surface area (Å²) in [6.07, 6.45) is 0.158. The Hall–Kier alpha value is -1.39. The van der Waals surface area contributed by atoms with Crippen molar-refractivity contribution in [2.45, 2.75) is 32.4 Å². The lowest BCUT2D eigenvalue weighted by atomic mass is 10.3. The van der Waals surface area contributed by atoms with Crippen molar-refractivity contribution in [2.75, 3.05) is 0 Å². The van der Waals surface area contributed by atoms with E-state index < -0.39 is 0 Å². The van der Waals surface area contributed by atoms with Crippen molar-refractivity contribution in [3.63, 3.8) is 0 Å². The van der Waals surface area contributed by atoms with Crippen molar-refractivity contribution in [3.8, 4) is 5.69 Å². The summed E-state index contributed by atoms with van der Waals surface area (Å²) in [4.78, 5) is 0. The number of rotatable bonds is 5. The molecule has 0 aliphatic rings. The molecule has 0 N–H and O–H groups in total. The Labute approximate surface area is 112 Å². The van der Waals surface area contributed by atoms with Gasteiger partial charge in [-0.05, 0) is 26.0 Å². The highest BCUT2D eigenvalue weighted by Crippen LogP contribution is 2.15. The van der Waals surface area contributed by atoms with Gasteiger partial charge in [0, 0.05) is 5.69 Å². The highest BCUT2D eigenvalue weighted by atomic mass is 35.5. The normalized spacial score (nSPS) is 11.1. The average Bonchev–Trinajstić information content (AvgIpc) is 2.80. The third-order valence-electron chi connectivity index (χ3n) is 2.48. The number of hydrogen-bond donors (Lipinski definition) is 0. The molecule has 0 amide bonds. The van der Waals surface area contributed by atoms with Gasteiger partial charge >= 0.3 is 0 Å². The minimum atomic E-state index is 0.158. The molecule has 1 heterocycles. The zero-order chi connectivity index (χ0) is 13.0. The second-order valence-corrected chi connectivity index (χ2v) is 4.46. The maximum atomic E-state index is 5.89. The third kappa shape index (κ3) is 2.89. The van der Waals surface area contributed by atoms with Crippen molar-refractivity contribution in [2.24, 2.45) is 0 Å². The molecule has 0 unspecified atom stereocenters. The van der Waals surface area contributed by atoms with Gasteiger partial charge in [-0.15, -0.1) is 21.8 Å². The summed E-state index contributed by atoms with van der Waals surface area (Å²) in [5, 5.41) is 8.23. The molecule has 0 bridgehead atoms. The SMILES string of the molecule is CC(C)OCc1nnc(CCl)n1-c1ccccc1. The fraction of sp³-hybridized carbons (Fsp3) is 0.385. The maximum absolute atomic E-state index is 5.89. The molecule has 0 aliphatic carbocycles. The fourth-order valence-electron chi connectivity index (χ4n) is 1.65. The van der Waals surface area contributed by atoms with E-state index >= 15 is 0 Å². The van der Waals surface area contributed by atoms with Crippen molar-refractivity contribution in [1.29, 1.82) is 0 Å². The number of aromatic nitrogens is 3. The van der Waals surface area contributed by atoms with Gasteiger partial charge in [0.1, 0.15) is 6.61 Å². The Balaban J connectivity index is 2.34. The van der Waals surface area contributed by atoms with Gasteiger partial charge in [-0.1, -0.05) is 18.2 Å². The molecule has 0 fully saturated rings. The Morgan fingerprint density at radius 3 is 2.44 bits per heavy atom. The number of halogens is 1. The van der Waals surface area contributed by atoms with Crippen LogP contribution in [0.5, 0.6) is 0 Å². The number of benzene rings is 1. The van der Waals surface area contributed by atoms with Crippen LogP contribution in [0.4, 0.5) is 0 Å². The summed E-state index contributed by atoms with van der Waals surface area (Å²) in [7, 11) is 0. The Morgan fingerprint density at radius 2 is 1.83 bits per heavy atom. The molecule has 5 heteroatoms. The van der Waals surface area contributed by atoms with Crippen molar-refractivity contribution < 1.29 is 4.74 Å². The van der Waals surface area contributed by atoms with Gasteiger partial charge in [0.05, 0.1) is 12.0 Å². The lowest BCUT2D eigenvalue weighted by Gasteiger charge is -2.11. The van der Waals surface area contributed by atoms with Crippen molar-refractivity contribution in [1.82, 2.24) is 14.8 Å². The largest absolute Gasteiger partial charge is 0.371 e. The monoisotopic (exact) mass is 265 g/mol. The van der Waals surface area contributed by atoms with E-state index in [-0.39, 0.29) is 6.10 Å². The van der Waals surface area contributed by atoms with Gasteiger partial charge in [0.2, 0.25) is 0 Å². The quantitative estimate of drug-likeness (QED) is 0.781. The summed E-state index contributed by atoms with van der Waals surface area (Å²) in [6, 6.07) is 9.91. The van der Waals surface area contributed by atoms with Gasteiger partial charge in [-0.2, -0.15) is 0 Å². The molecular weight excluding hydrogens is 250 g/mol. The first kappa shape index (κ1) is 13.1. The van der Waals surface area contributed by atoms with Gasteiger partial charge in [-0.25, -0.2) is 0 Å². The van der Waals surface area contributed by atoms with Crippen LogP contribution < -0.4 is 0 Å². The topological polar surface area (TPSA) is 39.9 Å². The van der Waals surface area contributed by atoms with E-state index in [0.717, 1.165) is 17.3 Å². The molecule has 0 atom stereocenters. The van der Waals surface area contributed by atoms with E-state index in [1.165, 1.54) is 0 Å². The second-order valence-electron chi connectivity index (χ2n) is 4.20. The van der Waals surface area contributed by atoms with Gasteiger partial charge < -0.3 is 4.74 Å². The van der Waals surface area contributed by atoms with E-state index in [1.54, 1.807) is 0 Å². The molecule has 0 spiro atoms. The van der Waals surface area contributed by atoms with Crippen molar-refractivity contribution in [3.05, 3.63) is 42.0 Å². The molecule has 0 saturated carbocycles. The van der Waals surface area contributed by atoms with Gasteiger partial charge in [0.15, 0.2) is 11.6 Å². The predicted molar refractivity (Wildman–Crippen MR) is 70.8 cm³/mol. The molecule has 18 heavy (non-hydrogen) atoms. The summed E-state index contributed by atoms with van der Waals surface area (Å²) < 4.78 is 7.52. The Morgan fingerprint density at radius 1 is 1.17 bits per heavy atom. The van der Waals surface area contributed by atoms with Crippen LogP contribution in [0.3, 0.4) is 0 Å². The van der Waals surface area contributed by atoms with Crippen LogP contribution in [0, 0.1) is 0 Å². The highest BCUT2D eigenvalue weighted by molar-refractivity contribution is 6.16. The van der Waals surface area contributed by atoms with Crippen LogP contribution in [0.1, 0.15) is 25.5 Å². The first-order valence-electron chi connectivity index (χ1n) is 5.88. The minimum absolute atomic E-state index is 0.158. The van der Waals surface area contributed by atoms with Crippen LogP contribution >= 0.6 is 11.6 Å². The third-order valence-corrected chi connectivity index (χ3v) is 2.72. The van der Waals surface area contributed by atoms with E-state index in [0.29, 0.717) is 12.5 Å². The zero-order valence-electron chi connectivity index (χ0n) is 10.5. The van der Waals surface area contributed by atoms with Crippen LogP contribution in [-0.2, 0) is 17.2 Å². The zero-order valence-corrected chi connectivity index (χ0v) is 11.3. The molecular formula is C13H16ClN3O. The highest BCUT2D eigenvalue weighted by Gasteiger charge is 2.13. The summed E-state index contributed by atoms with van der Waals surface area (Å²) >= 11 is 5.89. The minimum Gasteiger partial charge on any atom is -0.371 e. The smallest absolute Gasteiger partial charge is 0.163 e. The van der Waals surface area contributed by atoms with Crippen molar-refractivity contribution >= 4 is 11.6 Å². The maximum Gasteiger partial charge on any atom is 0.163 e. The molecule has 1 aromatic carbocycles. The number of alkyl halides is 1. The van der Waals surface area contributed by atoms with E-state index in [1.807, 2.05) is 48.7 Å². The molecule has 96 valence electrons. The molecule has 4 nitrogen and oxygen atoms in total. The first-order valence-corrected chi connectivity index (χ1v) is 6.42. The molecule has 0 radical (unpaired) electrons. The fourth-order valence-corrected chi connectivity index (χ4v) is 1.82. The average molecular weight is 266 g/mol. The molecule has 0 saturated heterocycles. The Kier molecular flexibility index (Phi) is 4.33. The number of ether oxygens (including phenoxy) is 1. The van der Waals surface area contributed by atoms with Crippen LogP contribution in [0.15, 0.2) is 30.3 Å².